The van der Waals surface area contributed by atoms with E-state index in [9.17, 15) is 4.79 Å². The van der Waals surface area contributed by atoms with Crippen LogP contribution in [0.5, 0.6) is 0 Å². The van der Waals surface area contributed by atoms with E-state index in [0.717, 1.165) is 42.5 Å². The second-order valence-electron chi connectivity index (χ2n) is 7.56. The van der Waals surface area contributed by atoms with Crippen molar-refractivity contribution in [2.24, 2.45) is 11.8 Å². The molecule has 2 aromatic rings. The van der Waals surface area contributed by atoms with Gasteiger partial charge in [-0.15, -0.1) is 11.3 Å². The minimum atomic E-state index is 0.143. The zero-order valence-electron chi connectivity index (χ0n) is 15.8. The van der Waals surface area contributed by atoms with Crippen LogP contribution in [0.3, 0.4) is 0 Å². The first-order chi connectivity index (χ1) is 13.1. The van der Waals surface area contributed by atoms with Gasteiger partial charge in [0.2, 0.25) is 5.91 Å². The Labute approximate surface area is 164 Å². The minimum Gasteiger partial charge on any atom is -0.379 e. The van der Waals surface area contributed by atoms with E-state index in [1.807, 2.05) is 35.4 Å². The maximum atomic E-state index is 12.7. The van der Waals surface area contributed by atoms with E-state index < -0.39 is 0 Å². The first-order valence-corrected chi connectivity index (χ1v) is 10.4. The van der Waals surface area contributed by atoms with Crippen molar-refractivity contribution in [2.45, 2.75) is 38.3 Å². The van der Waals surface area contributed by atoms with Gasteiger partial charge in [0.15, 0.2) is 0 Å². The van der Waals surface area contributed by atoms with Gasteiger partial charge in [0, 0.05) is 31.8 Å². The predicted molar refractivity (Wildman–Crippen MR) is 106 cm³/mol. The molecular formula is C20H26N4O2S. The third-order valence-electron chi connectivity index (χ3n) is 5.77. The van der Waals surface area contributed by atoms with Crippen molar-refractivity contribution >= 4 is 23.1 Å². The van der Waals surface area contributed by atoms with Crippen LogP contribution in [0.15, 0.2) is 29.8 Å². The molecule has 1 saturated heterocycles. The van der Waals surface area contributed by atoms with Gasteiger partial charge in [-0.05, 0) is 43.7 Å². The van der Waals surface area contributed by atoms with Crippen molar-refractivity contribution in [1.29, 1.82) is 0 Å². The number of hydrogen-bond acceptors (Lipinski definition) is 6. The van der Waals surface area contributed by atoms with Gasteiger partial charge in [-0.3, -0.25) is 4.79 Å². The van der Waals surface area contributed by atoms with Gasteiger partial charge in [-0.25, -0.2) is 9.97 Å². The molecule has 2 aliphatic rings. The first-order valence-electron chi connectivity index (χ1n) is 9.51. The highest BCUT2D eigenvalue weighted by Crippen LogP contribution is 2.38. The average Bonchev–Trinajstić information content (AvgIpc) is 3.27. The number of rotatable bonds is 5. The van der Waals surface area contributed by atoms with Crippen molar-refractivity contribution in [2.75, 3.05) is 25.5 Å². The molecule has 6 nitrogen and oxygen atoms in total. The molecule has 1 aliphatic heterocycles. The summed E-state index contributed by atoms with van der Waals surface area (Å²) in [5.41, 5.74) is 0.891. The summed E-state index contributed by atoms with van der Waals surface area (Å²) in [6.45, 7) is 3.65. The van der Waals surface area contributed by atoms with Crippen molar-refractivity contribution in [3.63, 3.8) is 0 Å². The SMILES string of the molecule is CO[C@@H]1C[C@H]2CN(C(=O)Cc3csc(C)n3)C[C@H]2C[C@H]1Nc1ccccn1. The lowest BCUT2D eigenvalue weighted by atomic mass is 9.77. The molecule has 3 heterocycles. The van der Waals surface area contributed by atoms with Gasteiger partial charge in [0.05, 0.1) is 29.3 Å². The Bertz CT molecular complexity index is 781. The molecule has 1 amide bonds. The van der Waals surface area contributed by atoms with Crippen LogP contribution in [-0.2, 0) is 16.0 Å². The number of thiazole rings is 1. The molecule has 4 rings (SSSR count). The molecule has 4 atom stereocenters. The van der Waals surface area contributed by atoms with Gasteiger partial charge in [-0.2, -0.15) is 0 Å². The Hall–Kier alpha value is -1.99. The van der Waals surface area contributed by atoms with Crippen molar-refractivity contribution in [1.82, 2.24) is 14.9 Å². The number of aromatic nitrogens is 2. The summed E-state index contributed by atoms with van der Waals surface area (Å²) in [6, 6.07) is 6.11. The van der Waals surface area contributed by atoms with Crippen LogP contribution in [0.1, 0.15) is 23.5 Å². The Balaban J connectivity index is 1.39. The Morgan fingerprint density at radius 2 is 2.15 bits per heavy atom. The molecule has 1 saturated carbocycles. The number of carbonyl (C=O) groups is 1. The summed E-state index contributed by atoms with van der Waals surface area (Å²) < 4.78 is 5.78. The fourth-order valence-electron chi connectivity index (χ4n) is 4.42. The molecule has 0 spiro atoms. The number of fused-ring (bicyclic) bond motifs is 1. The van der Waals surface area contributed by atoms with E-state index in [4.69, 9.17) is 4.74 Å². The standard InChI is InChI=1S/C20H26N4O2S/c1-13-22-16(12-27-13)9-20(25)24-10-14-7-17(18(26-2)8-15(14)11-24)23-19-5-3-4-6-21-19/h3-6,12,14-15,17-18H,7-11H2,1-2H3,(H,21,23)/t14-,15+,17-,18-/m1/s1. The van der Waals surface area contributed by atoms with Crippen molar-refractivity contribution in [3.8, 4) is 0 Å². The second kappa shape index (κ2) is 7.94. The number of likely N-dealkylation sites (tertiary alicyclic amines) is 1. The lowest BCUT2D eigenvalue weighted by molar-refractivity contribution is -0.129. The lowest BCUT2D eigenvalue weighted by Gasteiger charge is -2.37. The molecule has 7 heteroatoms. The number of anilines is 1. The van der Waals surface area contributed by atoms with E-state index in [1.165, 1.54) is 0 Å². The van der Waals surface area contributed by atoms with Crippen LogP contribution in [0, 0.1) is 18.8 Å². The molecule has 0 bridgehead atoms. The molecule has 0 unspecified atom stereocenters. The number of pyridine rings is 1. The van der Waals surface area contributed by atoms with Crippen LogP contribution in [-0.4, -0.2) is 53.1 Å². The van der Waals surface area contributed by atoms with Crippen LogP contribution in [0.2, 0.25) is 0 Å². The molecular weight excluding hydrogens is 360 g/mol. The summed E-state index contributed by atoms with van der Waals surface area (Å²) in [5, 5.41) is 6.54. The second-order valence-corrected chi connectivity index (χ2v) is 8.63. The molecule has 144 valence electrons. The van der Waals surface area contributed by atoms with Gasteiger partial charge in [0.25, 0.3) is 0 Å². The maximum absolute atomic E-state index is 12.7. The summed E-state index contributed by atoms with van der Waals surface area (Å²) >= 11 is 1.60. The molecule has 0 aromatic carbocycles. The Kier molecular flexibility index (Phi) is 5.41. The van der Waals surface area contributed by atoms with E-state index in [0.29, 0.717) is 18.3 Å². The van der Waals surface area contributed by atoms with Crippen LogP contribution < -0.4 is 5.32 Å². The van der Waals surface area contributed by atoms with E-state index in [2.05, 4.69) is 15.3 Å². The highest BCUT2D eigenvalue weighted by molar-refractivity contribution is 7.09. The highest BCUT2D eigenvalue weighted by Gasteiger charge is 2.43. The van der Waals surface area contributed by atoms with E-state index in [1.54, 1.807) is 24.6 Å². The van der Waals surface area contributed by atoms with Gasteiger partial charge >= 0.3 is 0 Å². The molecule has 2 fully saturated rings. The first kappa shape index (κ1) is 18.4. The molecule has 1 N–H and O–H groups in total. The number of nitrogens with zero attached hydrogens (tertiary/aromatic N) is 3. The number of ether oxygens (including phenoxy) is 1. The number of amides is 1. The largest absolute Gasteiger partial charge is 0.379 e. The number of hydrogen-bond donors (Lipinski definition) is 1. The van der Waals surface area contributed by atoms with E-state index in [-0.39, 0.29) is 18.1 Å². The fourth-order valence-corrected chi connectivity index (χ4v) is 5.04. The lowest BCUT2D eigenvalue weighted by Crippen LogP contribution is -2.44. The number of carbonyl (C=O) groups excluding carboxylic acids is 1. The fraction of sp³-hybridized carbons (Fsp3) is 0.550. The van der Waals surface area contributed by atoms with Gasteiger partial charge in [0.1, 0.15) is 5.82 Å². The zero-order valence-corrected chi connectivity index (χ0v) is 16.6. The smallest absolute Gasteiger partial charge is 0.228 e. The molecule has 2 aromatic heterocycles. The van der Waals surface area contributed by atoms with Gasteiger partial charge in [-0.1, -0.05) is 6.07 Å². The molecule has 27 heavy (non-hydrogen) atoms. The van der Waals surface area contributed by atoms with Crippen LogP contribution >= 0.6 is 11.3 Å². The van der Waals surface area contributed by atoms with Crippen molar-refractivity contribution in [3.05, 3.63) is 40.5 Å². The third kappa shape index (κ3) is 4.14. The monoisotopic (exact) mass is 386 g/mol. The normalized spacial score (nSPS) is 27.4. The number of nitrogens with one attached hydrogen (secondary N) is 1. The van der Waals surface area contributed by atoms with Crippen molar-refractivity contribution < 1.29 is 9.53 Å². The maximum Gasteiger partial charge on any atom is 0.228 e. The summed E-state index contributed by atoms with van der Waals surface area (Å²) in [7, 11) is 1.78. The topological polar surface area (TPSA) is 67.3 Å². The summed E-state index contributed by atoms with van der Waals surface area (Å²) in [4.78, 5) is 23.6. The van der Waals surface area contributed by atoms with Crippen LogP contribution in [0.25, 0.3) is 0 Å². The highest BCUT2D eigenvalue weighted by atomic mass is 32.1. The number of aryl methyl sites for hydroxylation is 1. The Morgan fingerprint density at radius 3 is 2.81 bits per heavy atom. The third-order valence-corrected chi connectivity index (χ3v) is 6.59. The predicted octanol–water partition coefficient (Wildman–Crippen LogP) is 2.75. The van der Waals surface area contributed by atoms with Crippen LogP contribution in [0.4, 0.5) is 5.82 Å². The summed E-state index contributed by atoms with van der Waals surface area (Å²) in [6.07, 6.45) is 4.33. The molecule has 1 aliphatic carbocycles. The van der Waals surface area contributed by atoms with E-state index >= 15 is 0 Å². The van der Waals surface area contributed by atoms with Gasteiger partial charge < -0.3 is 15.0 Å². The number of methoxy groups -OCH3 is 1. The molecule has 0 radical (unpaired) electrons. The minimum absolute atomic E-state index is 0.143. The average molecular weight is 387 g/mol. The quantitative estimate of drug-likeness (QED) is 0.856. The zero-order chi connectivity index (χ0) is 18.8. The summed E-state index contributed by atoms with van der Waals surface area (Å²) in [5.74, 6) is 2.10. The Morgan fingerprint density at radius 1 is 1.33 bits per heavy atom.